The molecule has 0 aromatic heterocycles. The number of nitrogens with zero attached hydrogens (tertiary/aromatic N) is 1. The lowest BCUT2D eigenvalue weighted by Gasteiger charge is -2.38. The molecule has 1 saturated heterocycles. The minimum absolute atomic E-state index is 0.0234. The van der Waals surface area contributed by atoms with E-state index < -0.39 is 24.3 Å². The van der Waals surface area contributed by atoms with E-state index in [4.69, 9.17) is 14.2 Å². The summed E-state index contributed by atoms with van der Waals surface area (Å²) in [5, 5.41) is 15.1. The Morgan fingerprint density at radius 1 is 0.870 bits per heavy atom. The van der Waals surface area contributed by atoms with Gasteiger partial charge < -0.3 is 30.0 Å². The number of benzene rings is 4. The second kappa shape index (κ2) is 16.1. The Morgan fingerprint density at radius 2 is 1.57 bits per heavy atom. The zero-order chi connectivity index (χ0) is 32.3. The molecule has 5 rings (SSSR count). The minimum Gasteiger partial charge on any atom is -0.467 e. The van der Waals surface area contributed by atoms with Gasteiger partial charge in [-0.25, -0.2) is 9.59 Å². The smallest absolute Gasteiger partial charge is 0.328 e. The Bertz CT molecular complexity index is 1550. The summed E-state index contributed by atoms with van der Waals surface area (Å²) in [6.07, 6.45) is -0.0952. The number of urea groups is 1. The molecule has 1 fully saturated rings. The molecule has 1 aliphatic rings. The third-order valence-corrected chi connectivity index (χ3v) is 7.92. The van der Waals surface area contributed by atoms with Crippen LogP contribution in [0.15, 0.2) is 109 Å². The quantitative estimate of drug-likeness (QED) is 0.172. The molecule has 4 atom stereocenters. The fourth-order valence-corrected chi connectivity index (χ4v) is 5.61. The van der Waals surface area contributed by atoms with E-state index in [9.17, 15) is 14.7 Å². The highest BCUT2D eigenvalue weighted by Gasteiger charge is 2.33. The van der Waals surface area contributed by atoms with Gasteiger partial charge in [0.15, 0.2) is 6.29 Å². The molecule has 1 heterocycles. The van der Waals surface area contributed by atoms with Gasteiger partial charge in [-0.15, -0.1) is 0 Å². The highest BCUT2D eigenvalue weighted by Crippen LogP contribution is 2.38. The van der Waals surface area contributed by atoms with Crippen LogP contribution in [0, 0.1) is 0 Å². The Labute approximate surface area is 270 Å². The Morgan fingerprint density at radius 3 is 2.24 bits per heavy atom. The molecule has 3 N–H and O–H groups in total. The van der Waals surface area contributed by atoms with Gasteiger partial charge in [-0.1, -0.05) is 97.1 Å². The first-order valence-electron chi connectivity index (χ1n) is 15.4. The monoisotopic (exact) mass is 623 g/mol. The molecule has 240 valence electrons. The first kappa shape index (κ1) is 32.8. The second-order valence-corrected chi connectivity index (χ2v) is 11.5. The molecule has 4 aromatic rings. The lowest BCUT2D eigenvalue weighted by Crippen LogP contribution is -2.45. The maximum absolute atomic E-state index is 13.0. The SMILES string of the molecule is COC(=O)C(Cc1ccccc1)NC(=O)Nc1cccc(C2OC(CN(C)Cc3ccccc3)CC(c3ccc(CO)cc3)O2)c1. The van der Waals surface area contributed by atoms with Crippen LogP contribution in [0.5, 0.6) is 0 Å². The van der Waals surface area contributed by atoms with E-state index in [1.165, 1.54) is 12.7 Å². The number of rotatable bonds is 12. The van der Waals surface area contributed by atoms with E-state index in [1.807, 2.05) is 91.0 Å². The summed E-state index contributed by atoms with van der Waals surface area (Å²) in [7, 11) is 3.38. The lowest BCUT2D eigenvalue weighted by atomic mass is 9.99. The first-order chi connectivity index (χ1) is 22.4. The molecule has 0 radical (unpaired) electrons. The molecule has 9 heteroatoms. The van der Waals surface area contributed by atoms with E-state index in [0.29, 0.717) is 25.1 Å². The fraction of sp³-hybridized carbons (Fsp3) is 0.297. The lowest BCUT2D eigenvalue weighted by molar-refractivity contribution is -0.252. The third kappa shape index (κ3) is 9.24. The summed E-state index contributed by atoms with van der Waals surface area (Å²) >= 11 is 0. The molecular weight excluding hydrogens is 582 g/mol. The number of nitrogens with one attached hydrogen (secondary N) is 2. The summed E-state index contributed by atoms with van der Waals surface area (Å²) in [5.74, 6) is -0.530. The van der Waals surface area contributed by atoms with Gasteiger partial charge >= 0.3 is 12.0 Å². The summed E-state index contributed by atoms with van der Waals surface area (Å²) in [5.41, 5.74) is 5.23. The fourth-order valence-electron chi connectivity index (χ4n) is 5.61. The van der Waals surface area contributed by atoms with Crippen LogP contribution >= 0.6 is 0 Å². The molecule has 4 aromatic carbocycles. The summed E-state index contributed by atoms with van der Waals surface area (Å²) < 4.78 is 18.0. The van der Waals surface area contributed by atoms with Gasteiger partial charge in [0.2, 0.25) is 0 Å². The number of aliphatic hydroxyl groups is 1. The molecule has 0 bridgehead atoms. The van der Waals surface area contributed by atoms with Crippen LogP contribution in [0.25, 0.3) is 0 Å². The van der Waals surface area contributed by atoms with Gasteiger partial charge in [0.25, 0.3) is 0 Å². The number of anilines is 1. The van der Waals surface area contributed by atoms with E-state index in [0.717, 1.165) is 28.8 Å². The number of hydrogen-bond donors (Lipinski definition) is 3. The Hall–Kier alpha value is -4.54. The number of esters is 1. The normalized spacial score (nSPS) is 18.5. The molecule has 0 aliphatic carbocycles. The molecule has 0 saturated carbocycles. The predicted molar refractivity (Wildman–Crippen MR) is 176 cm³/mol. The summed E-state index contributed by atoms with van der Waals surface area (Å²) in [4.78, 5) is 27.7. The zero-order valence-electron chi connectivity index (χ0n) is 26.2. The van der Waals surface area contributed by atoms with Gasteiger partial charge in [-0.3, -0.25) is 4.90 Å². The van der Waals surface area contributed by atoms with Gasteiger partial charge in [0.1, 0.15) is 6.04 Å². The Balaban J connectivity index is 1.29. The van der Waals surface area contributed by atoms with E-state index >= 15 is 0 Å². The van der Waals surface area contributed by atoms with Gasteiger partial charge in [0, 0.05) is 37.2 Å². The molecule has 1 aliphatic heterocycles. The van der Waals surface area contributed by atoms with Crippen molar-refractivity contribution in [1.82, 2.24) is 10.2 Å². The average Bonchev–Trinajstić information content (AvgIpc) is 3.08. The number of carbonyl (C=O) groups is 2. The van der Waals surface area contributed by atoms with E-state index in [1.54, 1.807) is 6.07 Å². The molecule has 2 amide bonds. The summed E-state index contributed by atoms with van der Waals surface area (Å²) in [6.45, 7) is 1.45. The largest absolute Gasteiger partial charge is 0.467 e. The summed E-state index contributed by atoms with van der Waals surface area (Å²) in [6, 6.07) is 33.5. The molecule has 46 heavy (non-hydrogen) atoms. The van der Waals surface area contributed by atoms with Crippen molar-refractivity contribution in [3.63, 3.8) is 0 Å². The standard InChI is InChI=1S/C37H41N3O6/c1-40(23-27-12-7-4-8-13-27)24-32-22-34(29-18-16-28(25-41)17-19-29)46-36(45-32)30-14-9-15-31(21-30)38-37(43)39-33(35(42)44-2)20-26-10-5-3-6-11-26/h3-19,21,32-34,36,41H,20,22-25H2,1-2H3,(H2,38,39,43). The van der Waals surface area contributed by atoms with Crippen LogP contribution in [-0.4, -0.2) is 54.9 Å². The number of hydrogen-bond acceptors (Lipinski definition) is 7. The van der Waals surface area contributed by atoms with Crippen molar-refractivity contribution < 1.29 is 28.9 Å². The Kier molecular flexibility index (Phi) is 11.5. The molecule has 9 nitrogen and oxygen atoms in total. The minimum atomic E-state index is -0.854. The van der Waals surface area contributed by atoms with Crippen LogP contribution in [0.3, 0.4) is 0 Å². The van der Waals surface area contributed by atoms with Crippen molar-refractivity contribution in [2.45, 2.75) is 50.5 Å². The second-order valence-electron chi connectivity index (χ2n) is 11.5. The zero-order valence-corrected chi connectivity index (χ0v) is 26.2. The molecular formula is C37H41N3O6. The number of likely N-dealkylation sites (N-methyl/N-ethyl adjacent to an activating group) is 1. The maximum Gasteiger partial charge on any atom is 0.328 e. The van der Waals surface area contributed by atoms with Crippen LogP contribution < -0.4 is 10.6 Å². The van der Waals surface area contributed by atoms with Crippen LogP contribution in [0.2, 0.25) is 0 Å². The highest BCUT2D eigenvalue weighted by molar-refractivity contribution is 5.92. The highest BCUT2D eigenvalue weighted by atomic mass is 16.7. The van der Waals surface area contributed by atoms with Crippen molar-refractivity contribution in [2.24, 2.45) is 0 Å². The van der Waals surface area contributed by atoms with E-state index in [2.05, 4.69) is 34.7 Å². The van der Waals surface area contributed by atoms with Gasteiger partial charge in [0.05, 0.1) is 25.9 Å². The van der Waals surface area contributed by atoms with Crippen molar-refractivity contribution in [1.29, 1.82) is 0 Å². The number of amides is 2. The number of aliphatic hydroxyl groups excluding tert-OH is 1. The first-order valence-corrected chi connectivity index (χ1v) is 15.4. The molecule has 0 spiro atoms. The average molecular weight is 624 g/mol. The maximum atomic E-state index is 13.0. The molecule has 4 unspecified atom stereocenters. The van der Waals surface area contributed by atoms with E-state index in [-0.39, 0.29) is 18.8 Å². The van der Waals surface area contributed by atoms with Gasteiger partial charge in [-0.05, 0) is 41.4 Å². The number of ether oxygens (including phenoxy) is 3. The van der Waals surface area contributed by atoms with Crippen molar-refractivity contribution >= 4 is 17.7 Å². The van der Waals surface area contributed by atoms with Crippen LogP contribution in [-0.2, 0) is 38.6 Å². The van der Waals surface area contributed by atoms with Crippen LogP contribution in [0.1, 0.15) is 46.6 Å². The number of methoxy groups -OCH3 is 1. The third-order valence-electron chi connectivity index (χ3n) is 7.92. The topological polar surface area (TPSA) is 109 Å². The number of carbonyl (C=O) groups excluding carboxylic acids is 2. The van der Waals surface area contributed by atoms with Gasteiger partial charge in [-0.2, -0.15) is 0 Å². The van der Waals surface area contributed by atoms with Crippen molar-refractivity contribution in [3.05, 3.63) is 137 Å². The van der Waals surface area contributed by atoms with Crippen molar-refractivity contribution in [3.8, 4) is 0 Å². The van der Waals surface area contributed by atoms with Crippen LogP contribution in [0.4, 0.5) is 10.5 Å². The van der Waals surface area contributed by atoms with Crippen molar-refractivity contribution in [2.75, 3.05) is 26.0 Å². The predicted octanol–water partition coefficient (Wildman–Crippen LogP) is 5.76.